The van der Waals surface area contributed by atoms with Gasteiger partial charge in [0, 0.05) is 0 Å². The number of aliphatic hydroxyl groups is 1. The third-order valence-corrected chi connectivity index (χ3v) is 4.14. The Morgan fingerprint density at radius 1 is 0.731 bits per heavy atom. The SMILES string of the molecule is CCCCCCCCOC(=O)CC(O)C(=O)OCCCCCCCC.[SnH4]. The average Bonchev–Trinajstić information content (AvgIpc) is 2.59. The summed E-state index contributed by atoms with van der Waals surface area (Å²) in [6, 6.07) is 0. The quantitative estimate of drug-likeness (QED) is 0.197. The van der Waals surface area contributed by atoms with E-state index in [0.717, 1.165) is 38.5 Å². The summed E-state index contributed by atoms with van der Waals surface area (Å²) >= 11 is 0. The third kappa shape index (κ3) is 18.5. The van der Waals surface area contributed by atoms with Crippen LogP contribution in [0.1, 0.15) is 97.3 Å². The van der Waals surface area contributed by atoms with Crippen LogP contribution in [0.15, 0.2) is 0 Å². The van der Waals surface area contributed by atoms with E-state index in [0.29, 0.717) is 13.2 Å². The van der Waals surface area contributed by atoms with Crippen LogP contribution in [0.4, 0.5) is 0 Å². The maximum atomic E-state index is 11.6. The molecule has 6 heteroatoms. The number of unbranched alkanes of at least 4 members (excludes halogenated alkanes) is 10. The van der Waals surface area contributed by atoms with Gasteiger partial charge in [-0.25, -0.2) is 4.79 Å². The van der Waals surface area contributed by atoms with Gasteiger partial charge in [-0.2, -0.15) is 0 Å². The van der Waals surface area contributed by atoms with Crippen LogP contribution in [0, 0.1) is 0 Å². The second kappa shape index (κ2) is 21.0. The molecule has 0 heterocycles. The molecule has 0 radical (unpaired) electrons. The van der Waals surface area contributed by atoms with Crippen LogP contribution in [-0.2, 0) is 19.1 Å². The molecule has 0 aliphatic carbocycles. The first kappa shape index (κ1) is 27.9. The molecule has 0 saturated heterocycles. The molecule has 1 unspecified atom stereocenters. The van der Waals surface area contributed by atoms with Gasteiger partial charge in [0.2, 0.25) is 0 Å². The van der Waals surface area contributed by atoms with Crippen molar-refractivity contribution in [3.63, 3.8) is 0 Å². The summed E-state index contributed by atoms with van der Waals surface area (Å²) in [6.07, 6.45) is 11.5. The van der Waals surface area contributed by atoms with Gasteiger partial charge in [-0.3, -0.25) is 4.79 Å². The Morgan fingerprint density at radius 3 is 1.65 bits per heavy atom. The van der Waals surface area contributed by atoms with Gasteiger partial charge >= 0.3 is 35.8 Å². The second-order valence-electron chi connectivity index (χ2n) is 6.64. The van der Waals surface area contributed by atoms with Crippen molar-refractivity contribution in [1.82, 2.24) is 0 Å². The summed E-state index contributed by atoms with van der Waals surface area (Å²) in [5, 5.41) is 9.69. The van der Waals surface area contributed by atoms with Gasteiger partial charge in [0.25, 0.3) is 0 Å². The number of carbonyl (C=O) groups excluding carboxylic acids is 2. The second-order valence-corrected chi connectivity index (χ2v) is 6.64. The summed E-state index contributed by atoms with van der Waals surface area (Å²) in [5.74, 6) is -1.28. The van der Waals surface area contributed by atoms with Crippen LogP contribution in [-0.4, -0.2) is 60.3 Å². The van der Waals surface area contributed by atoms with E-state index in [1.165, 1.54) is 38.5 Å². The maximum absolute atomic E-state index is 11.6. The zero-order valence-corrected chi connectivity index (χ0v) is 16.3. The van der Waals surface area contributed by atoms with E-state index >= 15 is 0 Å². The van der Waals surface area contributed by atoms with Crippen LogP contribution >= 0.6 is 0 Å². The summed E-state index contributed by atoms with van der Waals surface area (Å²) in [4.78, 5) is 23.2. The van der Waals surface area contributed by atoms with E-state index in [9.17, 15) is 14.7 Å². The molecule has 0 aliphatic rings. The summed E-state index contributed by atoms with van der Waals surface area (Å²) in [5.41, 5.74) is 0. The minimum absolute atomic E-state index is 0. The number of hydrogen-bond donors (Lipinski definition) is 1. The Balaban J connectivity index is 0. The first-order chi connectivity index (χ1) is 12.1. The first-order valence-corrected chi connectivity index (χ1v) is 10.1. The third-order valence-electron chi connectivity index (χ3n) is 4.14. The van der Waals surface area contributed by atoms with E-state index < -0.39 is 18.0 Å². The van der Waals surface area contributed by atoms with Crippen molar-refractivity contribution in [1.29, 1.82) is 0 Å². The van der Waals surface area contributed by atoms with Crippen molar-refractivity contribution in [2.24, 2.45) is 0 Å². The van der Waals surface area contributed by atoms with Crippen molar-refractivity contribution in [2.75, 3.05) is 13.2 Å². The van der Waals surface area contributed by atoms with Gasteiger partial charge < -0.3 is 14.6 Å². The molecule has 1 N–H and O–H groups in total. The summed E-state index contributed by atoms with van der Waals surface area (Å²) in [7, 11) is 0. The number of aliphatic hydroxyl groups excluding tert-OH is 1. The molecule has 0 aromatic heterocycles. The van der Waals surface area contributed by atoms with Crippen LogP contribution in [0.3, 0.4) is 0 Å². The fraction of sp³-hybridized carbons (Fsp3) is 0.900. The number of esters is 2. The van der Waals surface area contributed by atoms with Crippen molar-refractivity contribution in [3.05, 3.63) is 0 Å². The minimum atomic E-state index is -1.42. The van der Waals surface area contributed by atoms with Crippen molar-refractivity contribution < 1.29 is 24.2 Å². The van der Waals surface area contributed by atoms with E-state index in [4.69, 9.17) is 9.47 Å². The molecular formula is C20H42O5Sn. The molecule has 0 rings (SSSR count). The predicted octanol–water partition coefficient (Wildman–Crippen LogP) is 3.09. The van der Waals surface area contributed by atoms with Gasteiger partial charge in [-0.1, -0.05) is 78.1 Å². The summed E-state index contributed by atoms with van der Waals surface area (Å²) in [6.45, 7) is 4.99. The van der Waals surface area contributed by atoms with Gasteiger partial charge in [-0.15, -0.1) is 0 Å². The number of hydrogen-bond acceptors (Lipinski definition) is 5. The monoisotopic (exact) mass is 482 g/mol. The molecule has 0 bridgehead atoms. The Hall–Kier alpha value is -0.301. The molecule has 0 aromatic rings. The van der Waals surface area contributed by atoms with Crippen LogP contribution in [0.25, 0.3) is 0 Å². The Bertz CT molecular complexity index is 336. The van der Waals surface area contributed by atoms with E-state index in [2.05, 4.69) is 13.8 Å². The van der Waals surface area contributed by atoms with E-state index in [1.807, 2.05) is 0 Å². The Labute approximate surface area is 176 Å². The molecule has 0 saturated carbocycles. The summed E-state index contributed by atoms with van der Waals surface area (Å²) < 4.78 is 10.0. The van der Waals surface area contributed by atoms with Gasteiger partial charge in [0.15, 0.2) is 6.10 Å². The molecule has 0 aromatic carbocycles. The van der Waals surface area contributed by atoms with Crippen LogP contribution < -0.4 is 0 Å². The molecule has 0 amide bonds. The fourth-order valence-corrected chi connectivity index (χ4v) is 2.52. The Morgan fingerprint density at radius 2 is 1.15 bits per heavy atom. The zero-order valence-electron chi connectivity index (χ0n) is 16.3. The molecule has 1 atom stereocenters. The van der Waals surface area contributed by atoms with E-state index in [1.54, 1.807) is 0 Å². The fourth-order valence-electron chi connectivity index (χ4n) is 2.52. The molecule has 5 nitrogen and oxygen atoms in total. The zero-order chi connectivity index (χ0) is 18.8. The van der Waals surface area contributed by atoms with Crippen molar-refractivity contribution in [3.8, 4) is 0 Å². The van der Waals surface area contributed by atoms with Crippen LogP contribution in [0.2, 0.25) is 0 Å². The first-order valence-electron chi connectivity index (χ1n) is 10.1. The number of rotatable bonds is 17. The number of ether oxygens (including phenoxy) is 2. The molecule has 0 aliphatic heterocycles. The van der Waals surface area contributed by atoms with Gasteiger partial charge in [0.05, 0.1) is 19.6 Å². The molecule has 26 heavy (non-hydrogen) atoms. The average molecular weight is 481 g/mol. The molecular weight excluding hydrogens is 439 g/mol. The molecule has 156 valence electrons. The van der Waals surface area contributed by atoms with E-state index in [-0.39, 0.29) is 30.3 Å². The number of carbonyl (C=O) groups is 2. The predicted molar refractivity (Wildman–Crippen MR) is 111 cm³/mol. The Kier molecular flexibility index (Phi) is 22.5. The van der Waals surface area contributed by atoms with Crippen LogP contribution in [0.5, 0.6) is 0 Å². The van der Waals surface area contributed by atoms with Gasteiger partial charge in [0.1, 0.15) is 0 Å². The van der Waals surface area contributed by atoms with Crippen molar-refractivity contribution >= 4 is 35.8 Å². The molecule has 0 spiro atoms. The van der Waals surface area contributed by atoms with Crippen molar-refractivity contribution in [2.45, 2.75) is 103 Å². The topological polar surface area (TPSA) is 72.8 Å². The molecule has 0 fully saturated rings. The normalized spacial score (nSPS) is 11.5. The van der Waals surface area contributed by atoms with Gasteiger partial charge in [-0.05, 0) is 12.8 Å². The standard InChI is InChI=1S/C20H38O5.Sn.4H/c1-3-5-7-9-11-13-15-24-19(22)17-18(21)20(23)25-16-14-12-10-8-6-4-2;;;;;/h18,21H,3-17H2,1-2H3;;;;;.